The molecule has 0 aromatic carbocycles. The zero-order valence-electron chi connectivity index (χ0n) is 14.1. The molecule has 126 valence electrons. The van der Waals surface area contributed by atoms with Gasteiger partial charge in [-0.15, -0.1) is 5.10 Å². The molecule has 0 radical (unpaired) electrons. The Morgan fingerprint density at radius 3 is 2.70 bits per heavy atom. The molecule has 3 heterocycles. The van der Waals surface area contributed by atoms with Gasteiger partial charge in [-0.1, -0.05) is 5.21 Å². The third-order valence-electron chi connectivity index (χ3n) is 4.79. The van der Waals surface area contributed by atoms with Crippen LogP contribution in [0.25, 0.3) is 6.08 Å². The van der Waals surface area contributed by atoms with Crippen LogP contribution in [-0.4, -0.2) is 46.5 Å². The van der Waals surface area contributed by atoms with Crippen molar-refractivity contribution >= 4 is 13.2 Å². The first kappa shape index (κ1) is 16.6. The molecule has 23 heavy (non-hydrogen) atoms. The highest BCUT2D eigenvalue weighted by atomic mass is 19.1. The van der Waals surface area contributed by atoms with E-state index in [9.17, 15) is 4.39 Å². The van der Waals surface area contributed by atoms with Gasteiger partial charge in [0.15, 0.2) is 0 Å². The topological polar surface area (TPSA) is 58.4 Å². The van der Waals surface area contributed by atoms with Crippen molar-refractivity contribution in [1.29, 1.82) is 0 Å². The van der Waals surface area contributed by atoms with Gasteiger partial charge in [0.25, 0.3) is 0 Å². The zero-order chi connectivity index (χ0) is 16.7. The Kier molecular flexibility index (Phi) is 4.33. The highest BCUT2D eigenvalue weighted by Crippen LogP contribution is 2.38. The van der Waals surface area contributed by atoms with Crippen molar-refractivity contribution < 1.29 is 18.4 Å². The van der Waals surface area contributed by atoms with E-state index in [1.165, 1.54) is 6.08 Å². The van der Waals surface area contributed by atoms with E-state index in [0.717, 1.165) is 26.2 Å². The van der Waals surface area contributed by atoms with Gasteiger partial charge in [-0.05, 0) is 40.2 Å². The number of halogens is 1. The second kappa shape index (κ2) is 6.00. The number of rotatable bonds is 4. The molecule has 0 saturated carbocycles. The summed E-state index contributed by atoms with van der Waals surface area (Å²) in [5.74, 6) is 0.446. The lowest BCUT2D eigenvalue weighted by Gasteiger charge is -2.32. The molecule has 2 saturated heterocycles. The van der Waals surface area contributed by atoms with Crippen molar-refractivity contribution in [2.24, 2.45) is 5.92 Å². The lowest BCUT2D eigenvalue weighted by Crippen LogP contribution is -2.41. The molecule has 2 fully saturated rings. The third kappa shape index (κ3) is 3.49. The van der Waals surface area contributed by atoms with E-state index in [0.29, 0.717) is 11.6 Å². The van der Waals surface area contributed by atoms with Gasteiger partial charge in [-0.3, -0.25) is 4.68 Å². The fraction of sp³-hybridized carbons (Fsp3) is 0.733. The lowest BCUT2D eigenvalue weighted by atomic mass is 9.87. The smallest absolute Gasteiger partial charge is 0.398 e. The summed E-state index contributed by atoms with van der Waals surface area (Å²) in [6.45, 7) is 9.83. The average molecular weight is 323 g/mol. The number of ether oxygens (including phenoxy) is 1. The summed E-state index contributed by atoms with van der Waals surface area (Å²) in [5.41, 5.74) is -1.18. The maximum Gasteiger partial charge on any atom is 0.525 e. The number of aromatic nitrogens is 3. The summed E-state index contributed by atoms with van der Waals surface area (Å²) in [5, 5.41) is 8.02. The fourth-order valence-electron chi connectivity index (χ4n) is 2.63. The van der Waals surface area contributed by atoms with Crippen LogP contribution in [0.1, 0.15) is 39.8 Å². The molecule has 1 aromatic heterocycles. The van der Waals surface area contributed by atoms with Crippen LogP contribution in [-0.2, 0) is 20.6 Å². The fourth-order valence-corrected chi connectivity index (χ4v) is 2.63. The van der Waals surface area contributed by atoms with Crippen molar-refractivity contribution in [3.8, 4) is 0 Å². The van der Waals surface area contributed by atoms with Gasteiger partial charge in [-0.2, -0.15) is 0 Å². The number of hydrogen-bond acceptors (Lipinski definition) is 5. The van der Waals surface area contributed by atoms with Crippen LogP contribution in [0.15, 0.2) is 11.9 Å². The van der Waals surface area contributed by atoms with Gasteiger partial charge in [0.1, 0.15) is 11.4 Å². The third-order valence-corrected chi connectivity index (χ3v) is 4.79. The van der Waals surface area contributed by atoms with Crippen LogP contribution < -0.4 is 0 Å². The molecule has 2 aliphatic heterocycles. The summed E-state index contributed by atoms with van der Waals surface area (Å²) in [6, 6.07) is 0. The zero-order valence-corrected chi connectivity index (χ0v) is 14.1. The van der Waals surface area contributed by atoms with Crippen LogP contribution in [0.3, 0.4) is 0 Å². The number of nitrogens with zero attached hydrogens (tertiary/aromatic N) is 3. The Balaban J connectivity index is 1.66. The van der Waals surface area contributed by atoms with Crippen LogP contribution in [0.5, 0.6) is 0 Å². The Morgan fingerprint density at radius 1 is 1.39 bits per heavy atom. The van der Waals surface area contributed by atoms with E-state index in [1.807, 2.05) is 27.7 Å². The standard InChI is InChI=1S/C15H23BFN3O3/c1-14(2)15(3,4)23-16(22-14)13(17)7-12-9-20(19-18-12)8-11-5-6-21-10-11/h7,9,11H,5-6,8,10H2,1-4H3. The van der Waals surface area contributed by atoms with Crippen LogP contribution >= 0.6 is 0 Å². The predicted molar refractivity (Wildman–Crippen MR) is 84.1 cm³/mol. The van der Waals surface area contributed by atoms with E-state index in [1.54, 1.807) is 10.9 Å². The second-order valence-electron chi connectivity index (χ2n) is 7.21. The van der Waals surface area contributed by atoms with Gasteiger partial charge in [0.05, 0.1) is 24.0 Å². The molecular weight excluding hydrogens is 300 g/mol. The van der Waals surface area contributed by atoms with Crippen LogP contribution in [0, 0.1) is 5.92 Å². The van der Waals surface area contributed by atoms with Gasteiger partial charge in [-0.25, -0.2) is 4.39 Å². The molecule has 1 atom stereocenters. The lowest BCUT2D eigenvalue weighted by molar-refractivity contribution is 0.00578. The van der Waals surface area contributed by atoms with Gasteiger partial charge in [0.2, 0.25) is 0 Å². The SMILES string of the molecule is CC1(C)OB(C(F)=Cc2cn(CC3CCOC3)nn2)OC1(C)C. The summed E-state index contributed by atoms with van der Waals surface area (Å²) in [4.78, 5) is 0. The molecule has 2 aliphatic rings. The maximum atomic E-state index is 14.4. The summed E-state index contributed by atoms with van der Waals surface area (Å²) >= 11 is 0. The number of hydrogen-bond donors (Lipinski definition) is 0. The van der Waals surface area contributed by atoms with Crippen molar-refractivity contribution in [1.82, 2.24) is 15.0 Å². The minimum absolute atomic E-state index is 0.446. The molecule has 0 spiro atoms. The van der Waals surface area contributed by atoms with Crippen molar-refractivity contribution in [2.75, 3.05) is 13.2 Å². The van der Waals surface area contributed by atoms with E-state index in [2.05, 4.69) is 10.3 Å². The van der Waals surface area contributed by atoms with Crippen LogP contribution in [0.4, 0.5) is 4.39 Å². The largest absolute Gasteiger partial charge is 0.525 e. The molecule has 0 N–H and O–H groups in total. The Hall–Kier alpha value is -1.25. The maximum absolute atomic E-state index is 14.4. The van der Waals surface area contributed by atoms with Crippen molar-refractivity contribution in [3.63, 3.8) is 0 Å². The highest BCUT2D eigenvalue weighted by Gasteiger charge is 2.53. The minimum atomic E-state index is -1.01. The van der Waals surface area contributed by atoms with E-state index in [-0.39, 0.29) is 0 Å². The quantitative estimate of drug-likeness (QED) is 0.796. The average Bonchev–Trinajstić information content (AvgIpc) is 3.13. The molecule has 8 heteroatoms. The first-order valence-electron chi connectivity index (χ1n) is 7.97. The van der Waals surface area contributed by atoms with Gasteiger partial charge in [0, 0.05) is 19.1 Å². The van der Waals surface area contributed by atoms with Crippen LogP contribution in [0.2, 0.25) is 0 Å². The minimum Gasteiger partial charge on any atom is -0.398 e. The Labute approximate surface area is 136 Å². The molecule has 1 aromatic rings. The molecule has 0 amide bonds. The first-order valence-corrected chi connectivity index (χ1v) is 7.97. The Bertz CT molecular complexity index is 581. The molecule has 0 bridgehead atoms. The monoisotopic (exact) mass is 323 g/mol. The molecule has 1 unspecified atom stereocenters. The van der Waals surface area contributed by atoms with E-state index in [4.69, 9.17) is 14.0 Å². The van der Waals surface area contributed by atoms with Crippen molar-refractivity contribution in [3.05, 3.63) is 17.6 Å². The predicted octanol–water partition coefficient (Wildman–Crippen LogP) is 2.26. The highest BCUT2D eigenvalue weighted by molar-refractivity contribution is 6.54. The summed E-state index contributed by atoms with van der Waals surface area (Å²) in [7, 11) is -1.01. The normalized spacial score (nSPS) is 26.9. The second-order valence-corrected chi connectivity index (χ2v) is 7.21. The molecule has 3 rings (SSSR count). The summed E-state index contributed by atoms with van der Waals surface area (Å²) in [6.07, 6.45) is 4.06. The van der Waals surface area contributed by atoms with Crippen molar-refractivity contribution in [2.45, 2.75) is 51.9 Å². The first-order chi connectivity index (χ1) is 10.8. The molecular formula is C15H23BFN3O3. The van der Waals surface area contributed by atoms with E-state index >= 15 is 0 Å². The Morgan fingerprint density at radius 2 is 2.09 bits per heavy atom. The summed E-state index contributed by atoms with van der Waals surface area (Å²) < 4.78 is 32.8. The van der Waals surface area contributed by atoms with E-state index < -0.39 is 24.0 Å². The van der Waals surface area contributed by atoms with Gasteiger partial charge >= 0.3 is 7.12 Å². The molecule has 0 aliphatic carbocycles. The van der Waals surface area contributed by atoms with Gasteiger partial charge < -0.3 is 14.0 Å². The molecule has 6 nitrogen and oxygen atoms in total.